The minimum absolute atomic E-state index is 0.00792. The summed E-state index contributed by atoms with van der Waals surface area (Å²) < 4.78 is 0. The predicted octanol–water partition coefficient (Wildman–Crippen LogP) is 6.36. The number of carbonyl (C=O) groups excluding carboxylic acids is 1. The van der Waals surface area contributed by atoms with Crippen LogP contribution >= 0.6 is 11.8 Å². The first-order chi connectivity index (χ1) is 16.8. The van der Waals surface area contributed by atoms with Crippen molar-refractivity contribution in [1.82, 2.24) is 14.7 Å². The number of urea groups is 1. The summed E-state index contributed by atoms with van der Waals surface area (Å²) in [6.07, 6.45) is 11.6. The van der Waals surface area contributed by atoms with E-state index in [4.69, 9.17) is 0 Å². The lowest BCUT2D eigenvalue weighted by Gasteiger charge is -2.51. The summed E-state index contributed by atoms with van der Waals surface area (Å²) >= 11 is 1.63. The molecule has 1 spiro atoms. The highest BCUT2D eigenvalue weighted by Gasteiger charge is 2.55. The third-order valence-corrected chi connectivity index (χ3v) is 9.67. The Bertz CT molecular complexity index is 1030. The third-order valence-electron chi connectivity index (χ3n) is 8.91. The maximum Gasteiger partial charge on any atom is 0.324 e. The molecule has 1 aromatic rings. The van der Waals surface area contributed by atoms with Gasteiger partial charge in [-0.2, -0.15) is 5.26 Å². The van der Waals surface area contributed by atoms with Crippen molar-refractivity contribution in [2.75, 3.05) is 33.4 Å². The van der Waals surface area contributed by atoms with Crippen molar-refractivity contribution >= 4 is 17.8 Å². The summed E-state index contributed by atoms with van der Waals surface area (Å²) in [6.45, 7) is 5.49. The van der Waals surface area contributed by atoms with Crippen LogP contribution in [0.3, 0.4) is 0 Å². The molecule has 1 aromatic carbocycles. The Morgan fingerprint density at radius 3 is 2.34 bits per heavy atom. The highest BCUT2D eigenvalue weighted by Crippen LogP contribution is 2.50. The zero-order valence-corrected chi connectivity index (χ0v) is 22.8. The molecule has 2 saturated carbocycles. The van der Waals surface area contributed by atoms with Gasteiger partial charge < -0.3 is 4.90 Å². The molecule has 0 N–H and O–H groups in total. The molecule has 4 rings (SSSR count). The van der Waals surface area contributed by atoms with Crippen LogP contribution in [0, 0.1) is 17.2 Å². The number of thioether (sulfide) groups is 1. The molecule has 0 bridgehead atoms. The lowest BCUT2D eigenvalue weighted by Crippen LogP contribution is -2.56. The van der Waals surface area contributed by atoms with Gasteiger partial charge in [0.1, 0.15) is 6.07 Å². The minimum Gasteiger partial charge on any atom is -0.317 e. The third kappa shape index (κ3) is 4.78. The zero-order valence-electron chi connectivity index (χ0n) is 22.0. The molecule has 2 amide bonds. The summed E-state index contributed by atoms with van der Waals surface area (Å²) in [4.78, 5) is 21.5. The van der Waals surface area contributed by atoms with E-state index < -0.39 is 0 Å². The molecule has 2 aliphatic carbocycles. The van der Waals surface area contributed by atoms with Crippen molar-refractivity contribution in [3.05, 3.63) is 58.1 Å². The van der Waals surface area contributed by atoms with E-state index in [1.165, 1.54) is 24.8 Å². The lowest BCUT2D eigenvalue weighted by molar-refractivity contribution is 0.0162. The number of rotatable bonds is 7. The highest BCUT2D eigenvalue weighted by atomic mass is 32.2. The van der Waals surface area contributed by atoms with Gasteiger partial charge in [-0.1, -0.05) is 36.8 Å². The number of carbonyl (C=O) groups is 1. The van der Waals surface area contributed by atoms with Crippen molar-refractivity contribution in [2.24, 2.45) is 5.92 Å². The largest absolute Gasteiger partial charge is 0.324 e. The van der Waals surface area contributed by atoms with E-state index in [1.807, 2.05) is 31.1 Å². The standard InChI is InChI=1S/C29H40N4OS/c1-22(35-5)18-25(19-30)23(2)32-21-28(33(27(32)34)20-24-10-9-11-24)14-16-29(17-15-28,31(3)4)26-12-7-6-8-13-26/h6-8,12-13,18,24H,9-11,14-17,20-21H2,1-5H3/b22-18+,25-23-. The van der Waals surface area contributed by atoms with E-state index in [-0.39, 0.29) is 17.1 Å². The SMILES string of the molecule is CS/C(C)=C/C(C#N)=C(\C)N1CC2(CCC(c3ccccc3)(N(C)C)CC2)N(CC2CCC2)C1=O. The molecular formula is C29H40N4OS. The van der Waals surface area contributed by atoms with Crippen molar-refractivity contribution in [1.29, 1.82) is 5.26 Å². The van der Waals surface area contributed by atoms with Gasteiger partial charge in [-0.3, -0.25) is 9.80 Å². The number of hydrogen-bond acceptors (Lipinski definition) is 4. The Morgan fingerprint density at radius 2 is 1.83 bits per heavy atom. The second-order valence-corrected chi connectivity index (χ2v) is 11.9. The summed E-state index contributed by atoms with van der Waals surface area (Å²) in [5, 5.41) is 9.88. The fourth-order valence-corrected chi connectivity index (χ4v) is 6.42. The quantitative estimate of drug-likeness (QED) is 0.328. The minimum atomic E-state index is -0.166. The maximum atomic E-state index is 13.9. The molecular weight excluding hydrogens is 452 g/mol. The second kappa shape index (κ2) is 10.4. The Labute approximate surface area is 215 Å². The van der Waals surface area contributed by atoms with Gasteiger partial charge >= 0.3 is 6.03 Å². The van der Waals surface area contributed by atoms with Gasteiger partial charge in [0.25, 0.3) is 0 Å². The van der Waals surface area contributed by atoms with Crippen LogP contribution in [0.1, 0.15) is 64.4 Å². The number of benzene rings is 1. The molecule has 0 atom stereocenters. The van der Waals surface area contributed by atoms with Crippen molar-refractivity contribution < 1.29 is 4.79 Å². The van der Waals surface area contributed by atoms with Crippen LogP contribution < -0.4 is 0 Å². The van der Waals surface area contributed by atoms with Crippen LogP contribution in [0.25, 0.3) is 0 Å². The summed E-state index contributed by atoms with van der Waals surface area (Å²) in [5.41, 5.74) is 2.57. The Morgan fingerprint density at radius 1 is 1.17 bits per heavy atom. The molecule has 3 aliphatic rings. The van der Waals surface area contributed by atoms with E-state index in [0.29, 0.717) is 18.0 Å². The highest BCUT2D eigenvalue weighted by molar-refractivity contribution is 8.02. The summed E-state index contributed by atoms with van der Waals surface area (Å²) in [6, 6.07) is 13.3. The number of allylic oxidation sites excluding steroid dienone is 4. The summed E-state index contributed by atoms with van der Waals surface area (Å²) in [7, 11) is 4.38. The molecule has 1 saturated heterocycles. The first-order valence-corrected chi connectivity index (χ1v) is 14.1. The van der Waals surface area contributed by atoms with Crippen LogP contribution in [0.15, 0.2) is 52.6 Å². The number of nitrogens with zero attached hydrogens (tertiary/aromatic N) is 4. The van der Waals surface area contributed by atoms with Crippen molar-refractivity contribution in [2.45, 2.75) is 69.9 Å². The van der Waals surface area contributed by atoms with E-state index in [9.17, 15) is 10.1 Å². The van der Waals surface area contributed by atoms with Crippen molar-refractivity contribution in [3.63, 3.8) is 0 Å². The van der Waals surface area contributed by atoms with E-state index in [1.54, 1.807) is 11.8 Å². The Balaban J connectivity index is 1.66. The topological polar surface area (TPSA) is 50.6 Å². The zero-order chi connectivity index (χ0) is 25.2. The van der Waals surface area contributed by atoms with Crippen LogP contribution in [-0.4, -0.2) is 59.7 Å². The van der Waals surface area contributed by atoms with Gasteiger partial charge in [-0.05, 0) is 95.2 Å². The monoisotopic (exact) mass is 492 g/mol. The fraction of sp³-hybridized carbons (Fsp3) is 0.586. The number of amides is 2. The van der Waals surface area contributed by atoms with Gasteiger partial charge in [0, 0.05) is 17.8 Å². The van der Waals surface area contributed by atoms with Gasteiger partial charge in [0.05, 0.1) is 17.7 Å². The molecule has 35 heavy (non-hydrogen) atoms. The van der Waals surface area contributed by atoms with E-state index in [0.717, 1.165) is 42.8 Å². The molecule has 1 aliphatic heterocycles. The molecule has 3 fully saturated rings. The normalized spacial score (nSPS) is 28.4. The average molecular weight is 493 g/mol. The lowest BCUT2D eigenvalue weighted by atomic mass is 9.68. The van der Waals surface area contributed by atoms with Gasteiger partial charge in [-0.15, -0.1) is 11.8 Å². The maximum absolute atomic E-state index is 13.9. The predicted molar refractivity (Wildman–Crippen MR) is 145 cm³/mol. The van der Waals surface area contributed by atoms with Crippen LogP contribution in [0.5, 0.6) is 0 Å². The van der Waals surface area contributed by atoms with Gasteiger partial charge in [0.15, 0.2) is 0 Å². The molecule has 0 radical (unpaired) electrons. The van der Waals surface area contributed by atoms with E-state index >= 15 is 0 Å². The first kappa shape index (κ1) is 25.9. The van der Waals surface area contributed by atoms with Crippen LogP contribution in [0.4, 0.5) is 4.79 Å². The van der Waals surface area contributed by atoms with Crippen LogP contribution in [0.2, 0.25) is 0 Å². The molecule has 5 nitrogen and oxygen atoms in total. The number of hydrogen-bond donors (Lipinski definition) is 0. The van der Waals surface area contributed by atoms with Crippen molar-refractivity contribution in [3.8, 4) is 6.07 Å². The number of nitriles is 1. The first-order valence-electron chi connectivity index (χ1n) is 12.9. The summed E-state index contributed by atoms with van der Waals surface area (Å²) in [5.74, 6) is 0.615. The Hall–Kier alpha value is -2.23. The molecule has 6 heteroatoms. The average Bonchev–Trinajstić information content (AvgIpc) is 3.11. The Kier molecular flexibility index (Phi) is 7.68. The van der Waals surface area contributed by atoms with Crippen LogP contribution in [-0.2, 0) is 5.54 Å². The van der Waals surface area contributed by atoms with E-state index in [2.05, 4.69) is 60.3 Å². The second-order valence-electron chi connectivity index (χ2n) is 10.9. The smallest absolute Gasteiger partial charge is 0.317 e. The fourth-order valence-electron chi connectivity index (χ4n) is 6.19. The molecule has 0 unspecified atom stereocenters. The van der Waals surface area contributed by atoms with Gasteiger partial charge in [0.2, 0.25) is 0 Å². The molecule has 1 heterocycles. The molecule has 188 valence electrons. The van der Waals surface area contributed by atoms with Gasteiger partial charge in [-0.25, -0.2) is 4.79 Å². The molecule has 0 aromatic heterocycles.